The fraction of sp³-hybridized carbons (Fsp3) is 0.387. The fourth-order valence-electron chi connectivity index (χ4n) is 4.45. The van der Waals surface area contributed by atoms with Crippen molar-refractivity contribution in [3.8, 4) is 0 Å². The summed E-state index contributed by atoms with van der Waals surface area (Å²) in [4.78, 5) is 27.1. The number of aliphatic hydroxyl groups excluding tert-OH is 1. The van der Waals surface area contributed by atoms with Crippen LogP contribution in [0.2, 0.25) is 0 Å². The molecule has 0 saturated carbocycles. The van der Waals surface area contributed by atoms with Gasteiger partial charge in [0.2, 0.25) is 5.91 Å². The number of benzene rings is 2. The number of nitrogens with zero attached hydrogens (tertiary/aromatic N) is 1. The van der Waals surface area contributed by atoms with Crippen LogP contribution in [0, 0.1) is 0 Å². The number of aromatic nitrogens is 1. The molecule has 1 fully saturated rings. The molecule has 212 valence electrons. The van der Waals surface area contributed by atoms with E-state index in [-0.39, 0.29) is 31.1 Å². The Hall–Kier alpha value is -3.24. The molecule has 1 saturated heterocycles. The van der Waals surface area contributed by atoms with Crippen LogP contribution in [0.25, 0.3) is 0 Å². The molecule has 0 aliphatic carbocycles. The average molecular weight is 565 g/mol. The van der Waals surface area contributed by atoms with E-state index in [4.69, 9.17) is 14.6 Å². The monoisotopic (exact) mass is 564 g/mol. The Morgan fingerprint density at radius 2 is 1.62 bits per heavy atom. The van der Waals surface area contributed by atoms with Crippen LogP contribution in [-0.2, 0) is 32.2 Å². The van der Waals surface area contributed by atoms with E-state index in [0.29, 0.717) is 32.2 Å². The number of ether oxygens (including phenoxy) is 2. The molecular weight excluding hydrogens is 528 g/mol. The third kappa shape index (κ3) is 9.45. The normalized spacial score (nSPS) is 18.8. The second-order valence-electron chi connectivity index (χ2n) is 9.80. The van der Waals surface area contributed by atoms with Crippen LogP contribution in [-0.4, -0.2) is 38.9 Å². The lowest BCUT2D eigenvalue weighted by molar-refractivity contribution is -0.245. The van der Waals surface area contributed by atoms with Gasteiger partial charge in [0, 0.05) is 43.3 Å². The molecule has 3 atom stereocenters. The van der Waals surface area contributed by atoms with Crippen molar-refractivity contribution in [2.24, 2.45) is 0 Å². The predicted molar refractivity (Wildman–Crippen MR) is 152 cm³/mol. The van der Waals surface area contributed by atoms with Gasteiger partial charge in [-0.15, -0.1) is 11.8 Å². The van der Waals surface area contributed by atoms with E-state index in [1.54, 1.807) is 18.0 Å². The number of hydrogen-bond acceptors (Lipinski definition) is 7. The number of pyridine rings is 1. The number of carboxylic acid groups (broad SMARTS) is 1. The molecule has 8 nitrogen and oxygen atoms in total. The molecule has 2 heterocycles. The first kappa shape index (κ1) is 29.7. The lowest BCUT2D eigenvalue weighted by Gasteiger charge is -2.36. The molecule has 1 amide bonds. The molecule has 1 aliphatic rings. The zero-order valence-electron chi connectivity index (χ0n) is 22.4. The van der Waals surface area contributed by atoms with Gasteiger partial charge in [0.25, 0.3) is 0 Å². The van der Waals surface area contributed by atoms with Crippen LogP contribution in [0.15, 0.2) is 78.0 Å². The molecule has 1 aliphatic heterocycles. The molecule has 4 rings (SSSR count). The van der Waals surface area contributed by atoms with Gasteiger partial charge < -0.3 is 25.0 Å². The second kappa shape index (κ2) is 15.5. The van der Waals surface area contributed by atoms with Gasteiger partial charge in [0.05, 0.1) is 23.8 Å². The minimum atomic E-state index is -0.803. The Balaban J connectivity index is 1.34. The summed E-state index contributed by atoms with van der Waals surface area (Å²) in [6.07, 6.45) is 4.26. The van der Waals surface area contributed by atoms with Crippen molar-refractivity contribution < 1.29 is 29.3 Å². The number of hydrogen-bond donors (Lipinski definition) is 3. The number of carboxylic acids is 1. The molecular formula is C31H36N2O6S. The minimum absolute atomic E-state index is 0.000472. The number of aliphatic carboxylic acids is 1. The zero-order chi connectivity index (χ0) is 28.2. The van der Waals surface area contributed by atoms with Crippen LogP contribution in [0.3, 0.4) is 0 Å². The van der Waals surface area contributed by atoms with Gasteiger partial charge in [-0.05, 0) is 41.7 Å². The summed E-state index contributed by atoms with van der Waals surface area (Å²) in [7, 11) is 0. The van der Waals surface area contributed by atoms with E-state index >= 15 is 0 Å². The van der Waals surface area contributed by atoms with Gasteiger partial charge in [-0.1, -0.05) is 61.0 Å². The third-order valence-electron chi connectivity index (χ3n) is 6.71. The van der Waals surface area contributed by atoms with Crippen LogP contribution >= 0.6 is 11.8 Å². The molecule has 0 bridgehead atoms. The number of nitrogens with one attached hydrogen (secondary N) is 1. The van der Waals surface area contributed by atoms with Gasteiger partial charge in [-0.2, -0.15) is 0 Å². The van der Waals surface area contributed by atoms with Crippen molar-refractivity contribution in [2.45, 2.75) is 75.2 Å². The lowest BCUT2D eigenvalue weighted by Crippen LogP contribution is -2.31. The summed E-state index contributed by atoms with van der Waals surface area (Å²) in [5, 5.41) is 22.0. The van der Waals surface area contributed by atoms with Crippen LogP contribution in [0.5, 0.6) is 0 Å². The van der Waals surface area contributed by atoms with Crippen LogP contribution in [0.4, 0.5) is 0 Å². The van der Waals surface area contributed by atoms with E-state index in [1.165, 1.54) is 0 Å². The van der Waals surface area contributed by atoms with Crippen LogP contribution < -0.4 is 5.32 Å². The molecule has 0 radical (unpaired) electrons. The average Bonchev–Trinajstić information content (AvgIpc) is 2.99. The Bertz CT molecular complexity index is 1210. The fourth-order valence-corrected chi connectivity index (χ4v) is 5.34. The summed E-state index contributed by atoms with van der Waals surface area (Å²) in [5.41, 5.74) is 3.77. The number of rotatable bonds is 14. The topological polar surface area (TPSA) is 118 Å². The second-order valence-corrected chi connectivity index (χ2v) is 10.8. The van der Waals surface area contributed by atoms with Gasteiger partial charge in [0.15, 0.2) is 6.29 Å². The number of carbonyl (C=O) groups excluding carboxylic acids is 1. The Labute approximate surface area is 239 Å². The van der Waals surface area contributed by atoms with Crippen LogP contribution in [0.1, 0.15) is 73.2 Å². The quantitative estimate of drug-likeness (QED) is 0.172. The molecule has 40 heavy (non-hydrogen) atoms. The first-order valence-electron chi connectivity index (χ1n) is 13.6. The maximum atomic E-state index is 12.2. The standard InChI is InChI=1S/C31H36N2O6S/c34-20-23-11-13-24(14-12-23)27-18-26(21-40-29-7-4-5-17-32-29)38-31(39-27)25-15-9-22(10-16-25)19-33-28(35)6-2-1-3-8-30(36)37/h4-5,7,9-17,26-27,31,34H,1-3,6,8,18-21H2,(H,33,35)(H,36,37)/t26-,27+,31+/m1/s1. The summed E-state index contributed by atoms with van der Waals surface area (Å²) >= 11 is 1.66. The molecule has 0 unspecified atom stereocenters. The Morgan fingerprint density at radius 3 is 2.33 bits per heavy atom. The van der Waals surface area contributed by atoms with Gasteiger partial charge >= 0.3 is 5.97 Å². The maximum Gasteiger partial charge on any atom is 0.303 e. The number of amides is 1. The predicted octanol–water partition coefficient (Wildman–Crippen LogP) is 5.56. The van der Waals surface area contributed by atoms with Gasteiger partial charge in [-0.3, -0.25) is 9.59 Å². The van der Waals surface area contributed by atoms with Crippen molar-refractivity contribution in [3.63, 3.8) is 0 Å². The first-order chi connectivity index (χ1) is 19.5. The van der Waals surface area contributed by atoms with Crippen molar-refractivity contribution in [2.75, 3.05) is 5.75 Å². The van der Waals surface area contributed by atoms with Crippen molar-refractivity contribution in [1.29, 1.82) is 0 Å². The van der Waals surface area contributed by atoms with Crippen molar-refractivity contribution in [1.82, 2.24) is 10.3 Å². The Morgan fingerprint density at radius 1 is 0.900 bits per heavy atom. The Kier molecular flexibility index (Phi) is 11.5. The largest absolute Gasteiger partial charge is 0.481 e. The number of unbranched alkanes of at least 4 members (excludes halogenated alkanes) is 2. The summed E-state index contributed by atoms with van der Waals surface area (Å²) in [6.45, 7) is 0.421. The highest BCUT2D eigenvalue weighted by atomic mass is 32.2. The third-order valence-corrected chi connectivity index (χ3v) is 7.78. The van der Waals surface area contributed by atoms with E-state index in [1.807, 2.05) is 66.7 Å². The molecule has 0 spiro atoms. The number of carbonyl (C=O) groups is 2. The van der Waals surface area contributed by atoms with E-state index in [2.05, 4.69) is 10.3 Å². The minimum Gasteiger partial charge on any atom is -0.481 e. The molecule has 9 heteroatoms. The molecule has 2 aromatic carbocycles. The SMILES string of the molecule is O=C(O)CCCCCC(=O)NCc1ccc([C@H]2O[C@@H](CSc3ccccn3)C[C@@H](c3ccc(CO)cc3)O2)cc1. The molecule has 3 N–H and O–H groups in total. The maximum absolute atomic E-state index is 12.2. The number of thioether (sulfide) groups is 1. The van der Waals surface area contributed by atoms with Crippen molar-refractivity contribution in [3.05, 3.63) is 95.2 Å². The smallest absolute Gasteiger partial charge is 0.303 e. The van der Waals surface area contributed by atoms with Gasteiger partial charge in [0.1, 0.15) is 0 Å². The zero-order valence-corrected chi connectivity index (χ0v) is 23.2. The summed E-state index contributed by atoms with van der Waals surface area (Å²) in [5.74, 6) is -0.104. The lowest BCUT2D eigenvalue weighted by atomic mass is 10.0. The van der Waals surface area contributed by atoms with E-state index in [0.717, 1.165) is 39.5 Å². The summed E-state index contributed by atoms with van der Waals surface area (Å²) in [6, 6.07) is 21.6. The molecule has 1 aromatic heterocycles. The van der Waals surface area contributed by atoms with Crippen molar-refractivity contribution >= 4 is 23.6 Å². The molecule has 3 aromatic rings. The highest BCUT2D eigenvalue weighted by Gasteiger charge is 2.32. The van der Waals surface area contributed by atoms with E-state index in [9.17, 15) is 14.7 Å². The number of aliphatic hydroxyl groups is 1. The summed E-state index contributed by atoms with van der Waals surface area (Å²) < 4.78 is 12.8. The van der Waals surface area contributed by atoms with E-state index < -0.39 is 12.3 Å². The van der Waals surface area contributed by atoms with Gasteiger partial charge in [-0.25, -0.2) is 4.98 Å². The highest BCUT2D eigenvalue weighted by Crippen LogP contribution is 2.39. The first-order valence-corrected chi connectivity index (χ1v) is 14.6. The highest BCUT2D eigenvalue weighted by molar-refractivity contribution is 7.99.